The number of esters is 1. The van der Waals surface area contributed by atoms with E-state index in [2.05, 4.69) is 20.8 Å². The number of rotatable bonds is 8. The molecule has 3 amide bonds. The zero-order valence-electron chi connectivity index (χ0n) is 17.6. The van der Waals surface area contributed by atoms with Crippen LogP contribution in [0.4, 0.5) is 5.13 Å². The Balaban J connectivity index is 1.76. The summed E-state index contributed by atoms with van der Waals surface area (Å²) in [6.07, 6.45) is 0. The van der Waals surface area contributed by atoms with Crippen LogP contribution in [0.5, 0.6) is 0 Å². The first-order valence-electron chi connectivity index (χ1n) is 9.32. The third-order valence-electron chi connectivity index (χ3n) is 4.41. The maximum Gasteiger partial charge on any atom is 0.352 e. The van der Waals surface area contributed by atoms with Gasteiger partial charge < -0.3 is 25.3 Å². The van der Waals surface area contributed by atoms with E-state index in [4.69, 9.17) is 9.57 Å². The number of hydrogen-bond acceptors (Lipinski definition) is 11. The third kappa shape index (κ3) is 5.14. The van der Waals surface area contributed by atoms with Crippen molar-refractivity contribution in [3.63, 3.8) is 0 Å². The van der Waals surface area contributed by atoms with E-state index >= 15 is 0 Å². The maximum atomic E-state index is 12.8. The van der Waals surface area contributed by atoms with Gasteiger partial charge >= 0.3 is 11.9 Å². The van der Waals surface area contributed by atoms with Gasteiger partial charge in [-0.15, -0.1) is 23.1 Å². The summed E-state index contributed by atoms with van der Waals surface area (Å²) in [5.74, 6) is -3.45. The monoisotopic (exact) mass is 497 g/mol. The second-order valence-corrected chi connectivity index (χ2v) is 8.70. The lowest BCUT2D eigenvalue weighted by atomic mass is 10.0. The van der Waals surface area contributed by atoms with Gasteiger partial charge in [-0.05, 0) is 0 Å². The largest absolute Gasteiger partial charge is 0.477 e. The van der Waals surface area contributed by atoms with E-state index in [1.165, 1.54) is 38.1 Å². The minimum Gasteiger partial charge on any atom is -0.477 e. The van der Waals surface area contributed by atoms with Crippen LogP contribution >= 0.6 is 23.1 Å². The molecule has 33 heavy (non-hydrogen) atoms. The van der Waals surface area contributed by atoms with E-state index < -0.39 is 35.2 Å². The molecule has 13 nitrogen and oxygen atoms in total. The van der Waals surface area contributed by atoms with Crippen molar-refractivity contribution in [2.24, 2.45) is 5.16 Å². The number of aliphatic carboxylic acids is 1. The van der Waals surface area contributed by atoms with Gasteiger partial charge in [0.15, 0.2) is 10.8 Å². The number of carboxylic acid groups (broad SMARTS) is 1. The fraction of sp³-hybridized carbons (Fsp3) is 0.389. The van der Waals surface area contributed by atoms with E-state index in [0.29, 0.717) is 0 Å². The summed E-state index contributed by atoms with van der Waals surface area (Å²) in [6, 6.07) is -1.01. The lowest BCUT2D eigenvalue weighted by molar-refractivity contribution is -0.150. The number of amides is 3. The Kier molecular flexibility index (Phi) is 7.33. The summed E-state index contributed by atoms with van der Waals surface area (Å²) in [7, 11) is 1.23. The number of thiazole rings is 1. The number of carbonyl (C=O) groups excluding carboxylic acids is 4. The summed E-state index contributed by atoms with van der Waals surface area (Å²) in [5, 5.41) is 19.4. The van der Waals surface area contributed by atoms with E-state index in [1.807, 2.05) is 0 Å². The number of ether oxygens (including phenoxy) is 1. The molecule has 0 saturated carbocycles. The van der Waals surface area contributed by atoms with Crippen molar-refractivity contribution in [3.05, 3.63) is 22.3 Å². The van der Waals surface area contributed by atoms with Crippen molar-refractivity contribution in [1.82, 2.24) is 15.2 Å². The molecule has 1 saturated heterocycles. The van der Waals surface area contributed by atoms with Crippen molar-refractivity contribution < 1.29 is 38.7 Å². The molecule has 2 aliphatic rings. The molecule has 1 aromatic rings. The van der Waals surface area contributed by atoms with E-state index in [-0.39, 0.29) is 46.1 Å². The number of carboxylic acids is 1. The Bertz CT molecular complexity index is 1080. The van der Waals surface area contributed by atoms with Crippen LogP contribution in [0.15, 0.2) is 21.8 Å². The van der Waals surface area contributed by atoms with Gasteiger partial charge in [-0.2, -0.15) is 0 Å². The molecule has 0 aromatic carbocycles. The van der Waals surface area contributed by atoms with Crippen molar-refractivity contribution in [2.75, 3.05) is 24.8 Å². The van der Waals surface area contributed by atoms with Gasteiger partial charge in [0.1, 0.15) is 36.5 Å². The SMILES string of the molecule is CON=C(C(=O)NC1C(=O)N2C(C(=O)O)=C(COC(C)=O)CSC12)c1csc(NC(C)=O)n1. The third-order valence-corrected chi connectivity index (χ3v) is 6.51. The number of nitrogens with one attached hydrogen (secondary N) is 2. The minimum atomic E-state index is -1.34. The number of thioether (sulfide) groups is 1. The summed E-state index contributed by atoms with van der Waals surface area (Å²) in [6.45, 7) is 2.26. The van der Waals surface area contributed by atoms with Crippen LogP contribution in [0.2, 0.25) is 0 Å². The standard InChI is InChI=1S/C18H19N5O8S2/c1-7(24)19-18-20-10(6-33-18)11(22-30-3)14(26)21-12-15(27)23-13(17(28)29)9(4-31-8(2)25)5-32-16(12)23/h6,12,16H,4-5H2,1-3H3,(H,21,26)(H,28,29)(H,19,20,24). The van der Waals surface area contributed by atoms with Crippen molar-refractivity contribution in [2.45, 2.75) is 25.3 Å². The molecule has 176 valence electrons. The lowest BCUT2D eigenvalue weighted by Crippen LogP contribution is -2.71. The fourth-order valence-corrected chi connectivity index (χ4v) is 5.15. The first-order valence-corrected chi connectivity index (χ1v) is 11.3. The Labute approximate surface area is 195 Å². The molecule has 15 heteroatoms. The second kappa shape index (κ2) is 9.99. The van der Waals surface area contributed by atoms with Gasteiger partial charge in [0.2, 0.25) is 5.91 Å². The summed E-state index contributed by atoms with van der Waals surface area (Å²) in [5.41, 5.74) is -0.0767. The van der Waals surface area contributed by atoms with Crippen LogP contribution in [0.25, 0.3) is 0 Å². The van der Waals surface area contributed by atoms with E-state index in [1.54, 1.807) is 0 Å². The van der Waals surface area contributed by atoms with Crippen molar-refractivity contribution in [1.29, 1.82) is 0 Å². The number of fused-ring (bicyclic) bond motifs is 1. The predicted molar refractivity (Wildman–Crippen MR) is 116 cm³/mol. The molecular formula is C18H19N5O8S2. The van der Waals surface area contributed by atoms with Crippen molar-refractivity contribution in [3.8, 4) is 0 Å². The summed E-state index contributed by atoms with van der Waals surface area (Å²) >= 11 is 2.30. The molecule has 1 aromatic heterocycles. The molecular weight excluding hydrogens is 478 g/mol. The van der Waals surface area contributed by atoms with Crippen LogP contribution in [0.1, 0.15) is 19.5 Å². The van der Waals surface area contributed by atoms with Gasteiger partial charge in [-0.25, -0.2) is 9.78 Å². The molecule has 0 aliphatic carbocycles. The number of hydrogen-bond donors (Lipinski definition) is 3. The lowest BCUT2D eigenvalue weighted by Gasteiger charge is -2.49. The summed E-state index contributed by atoms with van der Waals surface area (Å²) < 4.78 is 4.89. The topological polar surface area (TPSA) is 177 Å². The quantitative estimate of drug-likeness (QED) is 0.188. The number of β-lactam (4-membered cyclic amide) rings is 1. The second-order valence-electron chi connectivity index (χ2n) is 6.74. The molecule has 1 fully saturated rings. The highest BCUT2D eigenvalue weighted by Gasteiger charge is 2.54. The van der Waals surface area contributed by atoms with E-state index in [0.717, 1.165) is 16.2 Å². The van der Waals surface area contributed by atoms with Gasteiger partial charge in [-0.3, -0.25) is 24.1 Å². The zero-order chi connectivity index (χ0) is 24.3. The average Bonchev–Trinajstić information content (AvgIpc) is 3.20. The smallest absolute Gasteiger partial charge is 0.352 e. The van der Waals surface area contributed by atoms with E-state index in [9.17, 15) is 29.1 Å². The highest BCUT2D eigenvalue weighted by atomic mass is 32.2. The highest BCUT2D eigenvalue weighted by molar-refractivity contribution is 8.00. The van der Waals surface area contributed by atoms with Crippen molar-refractivity contribution >= 4 is 63.6 Å². The first-order chi connectivity index (χ1) is 15.6. The number of aromatic nitrogens is 1. The van der Waals surface area contributed by atoms with Gasteiger partial charge in [-0.1, -0.05) is 5.16 Å². The van der Waals surface area contributed by atoms with Crippen LogP contribution in [0, 0.1) is 0 Å². The number of oxime groups is 1. The normalized spacial score (nSPS) is 19.9. The Morgan fingerprint density at radius 2 is 2.06 bits per heavy atom. The average molecular weight is 498 g/mol. The van der Waals surface area contributed by atoms with Crippen LogP contribution in [-0.2, 0) is 33.5 Å². The number of carbonyl (C=O) groups is 5. The number of nitrogens with zero attached hydrogens (tertiary/aromatic N) is 3. The molecule has 3 N–H and O–H groups in total. The molecule has 3 heterocycles. The Morgan fingerprint density at radius 1 is 1.33 bits per heavy atom. The highest BCUT2D eigenvalue weighted by Crippen LogP contribution is 2.40. The van der Waals surface area contributed by atoms with Crippen LogP contribution < -0.4 is 10.6 Å². The molecule has 0 bridgehead atoms. The fourth-order valence-electron chi connectivity index (χ4n) is 3.08. The van der Waals surface area contributed by atoms with Gasteiger partial charge in [0.05, 0.1) is 0 Å². The number of anilines is 1. The summed E-state index contributed by atoms with van der Waals surface area (Å²) in [4.78, 5) is 69.5. The predicted octanol–water partition coefficient (Wildman–Crippen LogP) is -0.246. The molecule has 2 unspecified atom stereocenters. The Hall–Kier alpha value is -3.46. The first kappa shape index (κ1) is 24.2. The van der Waals surface area contributed by atoms with Crippen LogP contribution in [0.3, 0.4) is 0 Å². The molecule has 0 spiro atoms. The molecule has 2 aliphatic heterocycles. The molecule has 2 atom stereocenters. The minimum absolute atomic E-state index is 0.123. The molecule has 3 rings (SSSR count). The van der Waals surface area contributed by atoms with Gasteiger partial charge in [0.25, 0.3) is 11.8 Å². The van der Waals surface area contributed by atoms with Gasteiger partial charge in [0, 0.05) is 30.6 Å². The Morgan fingerprint density at radius 3 is 2.67 bits per heavy atom. The van der Waals surface area contributed by atoms with Crippen LogP contribution in [-0.4, -0.2) is 81.2 Å². The maximum absolute atomic E-state index is 12.8. The zero-order valence-corrected chi connectivity index (χ0v) is 19.2. The molecule has 0 radical (unpaired) electrons.